The summed E-state index contributed by atoms with van der Waals surface area (Å²) in [7, 11) is 1.61. The number of amides is 3. The van der Waals surface area contributed by atoms with Crippen molar-refractivity contribution in [3.05, 3.63) is 35.9 Å². The van der Waals surface area contributed by atoms with Crippen molar-refractivity contribution in [1.29, 1.82) is 0 Å². The number of hydrogen-bond acceptors (Lipinski definition) is 4. The molecule has 3 amide bonds. The van der Waals surface area contributed by atoms with Gasteiger partial charge < -0.3 is 10.1 Å². The molecule has 0 atom stereocenters. The van der Waals surface area contributed by atoms with Gasteiger partial charge in [0.15, 0.2) is 0 Å². The molecule has 2 fully saturated rings. The minimum absolute atomic E-state index is 0.244. The van der Waals surface area contributed by atoms with E-state index in [-0.39, 0.29) is 5.91 Å². The minimum atomic E-state index is -0.757. The number of carbonyl (C=O) groups excluding carboxylic acids is 2. The first-order valence-corrected chi connectivity index (χ1v) is 8.56. The zero-order chi connectivity index (χ0) is 17.9. The molecule has 6 nitrogen and oxygen atoms in total. The predicted octanol–water partition coefficient (Wildman–Crippen LogP) is 3.19. The van der Waals surface area contributed by atoms with Gasteiger partial charge in [-0.25, -0.2) is 4.79 Å². The highest BCUT2D eigenvalue weighted by Crippen LogP contribution is 2.36. The third-order valence-electron chi connectivity index (χ3n) is 4.95. The Morgan fingerprint density at radius 3 is 2.72 bits per heavy atom. The smallest absolute Gasteiger partial charge is 0.346 e. The number of ether oxygens (including phenoxy) is 1. The molecule has 1 saturated heterocycles. The van der Waals surface area contributed by atoms with Gasteiger partial charge in [-0.2, -0.15) is 5.10 Å². The second-order valence-electron chi connectivity index (χ2n) is 6.68. The van der Waals surface area contributed by atoms with Crippen LogP contribution in [0.15, 0.2) is 35.4 Å². The molecule has 6 heteroatoms. The van der Waals surface area contributed by atoms with Crippen LogP contribution in [0.25, 0.3) is 6.08 Å². The lowest BCUT2D eigenvalue weighted by molar-refractivity contribution is -0.132. The fourth-order valence-corrected chi connectivity index (χ4v) is 3.36. The molecule has 2 aliphatic rings. The van der Waals surface area contributed by atoms with Gasteiger partial charge in [-0.1, -0.05) is 25.1 Å². The number of carbonyl (C=O) groups is 2. The Morgan fingerprint density at radius 1 is 1.28 bits per heavy atom. The Morgan fingerprint density at radius 2 is 2.00 bits per heavy atom. The maximum Gasteiger partial charge on any atom is 0.346 e. The summed E-state index contributed by atoms with van der Waals surface area (Å²) < 4.78 is 5.27. The number of imide groups is 1. The van der Waals surface area contributed by atoms with E-state index < -0.39 is 11.6 Å². The largest absolute Gasteiger partial charge is 0.496 e. The van der Waals surface area contributed by atoms with E-state index in [4.69, 9.17) is 4.74 Å². The van der Waals surface area contributed by atoms with E-state index >= 15 is 0 Å². The third kappa shape index (κ3) is 3.43. The van der Waals surface area contributed by atoms with Crippen LogP contribution in [0.4, 0.5) is 4.79 Å². The van der Waals surface area contributed by atoms with E-state index in [0.29, 0.717) is 18.8 Å². The fourth-order valence-electron chi connectivity index (χ4n) is 3.36. The minimum Gasteiger partial charge on any atom is -0.496 e. The molecule has 0 unspecified atom stereocenters. The highest BCUT2D eigenvalue weighted by atomic mass is 16.5. The average Bonchev–Trinajstić information content (AvgIpc) is 2.85. The van der Waals surface area contributed by atoms with Gasteiger partial charge in [0.2, 0.25) is 0 Å². The van der Waals surface area contributed by atoms with Crippen LogP contribution in [0.5, 0.6) is 5.75 Å². The Labute approximate surface area is 147 Å². The molecular weight excluding hydrogens is 318 g/mol. The SMILES string of the molecule is COc1ccccc1/C=C/C=N\N1C(=O)NC2(CCC(C)CC2)C1=O. The first-order chi connectivity index (χ1) is 12.1. The highest BCUT2D eigenvalue weighted by molar-refractivity contribution is 6.07. The number of hydrazone groups is 1. The first kappa shape index (κ1) is 17.2. The maximum absolute atomic E-state index is 12.6. The predicted molar refractivity (Wildman–Crippen MR) is 96.3 cm³/mol. The van der Waals surface area contributed by atoms with Crippen LogP contribution in [0.2, 0.25) is 0 Å². The van der Waals surface area contributed by atoms with Gasteiger partial charge >= 0.3 is 6.03 Å². The molecule has 1 N–H and O–H groups in total. The number of rotatable bonds is 4. The van der Waals surface area contributed by atoms with E-state index in [1.165, 1.54) is 6.21 Å². The number of nitrogens with one attached hydrogen (secondary N) is 1. The van der Waals surface area contributed by atoms with Crippen LogP contribution in [0.1, 0.15) is 38.2 Å². The number of benzene rings is 1. The number of urea groups is 1. The Kier molecular flexibility index (Phi) is 4.88. The number of allylic oxidation sites excluding steroid dienone is 1. The molecule has 1 aromatic carbocycles. The van der Waals surface area contributed by atoms with Crippen LogP contribution in [-0.4, -0.2) is 35.8 Å². The zero-order valence-corrected chi connectivity index (χ0v) is 14.6. The second-order valence-corrected chi connectivity index (χ2v) is 6.68. The number of para-hydroxylation sites is 1. The second kappa shape index (κ2) is 7.09. The summed E-state index contributed by atoms with van der Waals surface area (Å²) in [5.41, 5.74) is 0.138. The lowest BCUT2D eigenvalue weighted by Crippen LogP contribution is -2.49. The molecule has 0 radical (unpaired) electrons. The van der Waals surface area contributed by atoms with Gasteiger partial charge in [0, 0.05) is 11.8 Å². The number of nitrogens with zero attached hydrogens (tertiary/aromatic N) is 2. The van der Waals surface area contributed by atoms with Gasteiger partial charge in [-0.05, 0) is 49.8 Å². The Balaban J connectivity index is 1.68. The summed E-state index contributed by atoms with van der Waals surface area (Å²) in [6.45, 7) is 2.17. The molecule has 1 aromatic rings. The van der Waals surface area contributed by atoms with Crippen molar-refractivity contribution in [3.8, 4) is 5.75 Å². The molecule has 132 valence electrons. The van der Waals surface area contributed by atoms with Crippen LogP contribution in [-0.2, 0) is 4.79 Å². The summed E-state index contributed by atoms with van der Waals surface area (Å²) in [4.78, 5) is 24.8. The van der Waals surface area contributed by atoms with E-state index in [1.807, 2.05) is 30.3 Å². The van der Waals surface area contributed by atoms with Crippen LogP contribution in [0.3, 0.4) is 0 Å². The fraction of sp³-hybridized carbons (Fsp3) is 0.421. The maximum atomic E-state index is 12.6. The van der Waals surface area contributed by atoms with E-state index in [9.17, 15) is 9.59 Å². The topological polar surface area (TPSA) is 71.0 Å². The van der Waals surface area contributed by atoms with Gasteiger partial charge in [0.25, 0.3) is 5.91 Å². The quantitative estimate of drug-likeness (QED) is 0.675. The molecular formula is C19H23N3O3. The van der Waals surface area contributed by atoms with Crippen LogP contribution < -0.4 is 10.1 Å². The van der Waals surface area contributed by atoms with Crippen molar-refractivity contribution in [3.63, 3.8) is 0 Å². The van der Waals surface area contributed by atoms with Crippen LogP contribution >= 0.6 is 0 Å². The van der Waals surface area contributed by atoms with Crippen molar-refractivity contribution in [2.45, 2.75) is 38.1 Å². The normalized spacial score (nSPS) is 26.8. The molecule has 1 aliphatic carbocycles. The average molecular weight is 341 g/mol. The Hall–Kier alpha value is -2.63. The van der Waals surface area contributed by atoms with Crippen molar-refractivity contribution in [2.24, 2.45) is 11.0 Å². The molecule has 0 aromatic heterocycles. The lowest BCUT2D eigenvalue weighted by Gasteiger charge is -2.33. The monoisotopic (exact) mass is 341 g/mol. The summed E-state index contributed by atoms with van der Waals surface area (Å²) >= 11 is 0. The molecule has 1 heterocycles. The van der Waals surface area contributed by atoms with Gasteiger partial charge in [-0.3, -0.25) is 4.79 Å². The van der Waals surface area contributed by atoms with Crippen LogP contribution in [0, 0.1) is 5.92 Å². The molecule has 25 heavy (non-hydrogen) atoms. The summed E-state index contributed by atoms with van der Waals surface area (Å²) in [6.07, 6.45) is 8.21. The summed E-state index contributed by atoms with van der Waals surface area (Å²) in [5, 5.41) is 7.84. The molecule has 1 aliphatic heterocycles. The standard InChI is InChI=1S/C19H23N3O3/c1-14-9-11-19(12-10-14)17(23)22(18(24)21-19)20-13-5-7-15-6-3-4-8-16(15)25-2/h3-8,13-14H,9-12H2,1-2H3,(H,21,24)/b7-5+,20-13-. The van der Waals surface area contributed by atoms with Gasteiger partial charge in [0.05, 0.1) is 7.11 Å². The summed E-state index contributed by atoms with van der Waals surface area (Å²) in [6, 6.07) is 7.13. The molecule has 1 saturated carbocycles. The Bertz CT molecular complexity index is 718. The lowest BCUT2D eigenvalue weighted by atomic mass is 9.77. The van der Waals surface area contributed by atoms with Gasteiger partial charge in [-0.15, -0.1) is 5.01 Å². The van der Waals surface area contributed by atoms with E-state index in [2.05, 4.69) is 17.3 Å². The molecule has 0 bridgehead atoms. The summed E-state index contributed by atoms with van der Waals surface area (Å²) in [5.74, 6) is 1.10. The zero-order valence-electron chi connectivity index (χ0n) is 14.6. The number of methoxy groups -OCH3 is 1. The van der Waals surface area contributed by atoms with Crippen molar-refractivity contribution in [1.82, 2.24) is 10.3 Å². The number of hydrogen-bond donors (Lipinski definition) is 1. The van der Waals surface area contributed by atoms with Crippen molar-refractivity contribution >= 4 is 24.2 Å². The molecule has 1 spiro atoms. The van der Waals surface area contributed by atoms with Crippen molar-refractivity contribution in [2.75, 3.05) is 7.11 Å². The van der Waals surface area contributed by atoms with Crippen molar-refractivity contribution < 1.29 is 14.3 Å². The third-order valence-corrected chi connectivity index (χ3v) is 4.95. The highest BCUT2D eigenvalue weighted by Gasteiger charge is 2.52. The molecule has 3 rings (SSSR count). The van der Waals surface area contributed by atoms with E-state index in [1.54, 1.807) is 13.2 Å². The first-order valence-electron chi connectivity index (χ1n) is 8.56. The van der Waals surface area contributed by atoms with E-state index in [0.717, 1.165) is 29.2 Å². The van der Waals surface area contributed by atoms with Gasteiger partial charge in [0.1, 0.15) is 11.3 Å².